The number of hydrogen-bond donors (Lipinski definition) is 1. The van der Waals surface area contributed by atoms with Gasteiger partial charge in [-0.05, 0) is 12.1 Å². The molecule has 2 aromatic heterocycles. The Morgan fingerprint density at radius 1 is 1.39 bits per heavy atom. The van der Waals surface area contributed by atoms with Gasteiger partial charge in [-0.2, -0.15) is 11.8 Å². The minimum absolute atomic E-state index is 0.0517. The number of rotatable bonds is 1. The molecular formula is C12H13N3OS2. The van der Waals surface area contributed by atoms with Crippen LogP contribution in [0.2, 0.25) is 0 Å². The second kappa shape index (κ2) is 4.78. The van der Waals surface area contributed by atoms with Crippen molar-refractivity contribution in [3.05, 3.63) is 23.2 Å². The Kier molecular flexibility index (Phi) is 3.13. The predicted molar refractivity (Wildman–Crippen MR) is 77.3 cm³/mol. The van der Waals surface area contributed by atoms with Crippen molar-refractivity contribution < 1.29 is 4.79 Å². The molecule has 1 aliphatic heterocycles. The van der Waals surface area contributed by atoms with Gasteiger partial charge in [-0.1, -0.05) is 0 Å². The van der Waals surface area contributed by atoms with Gasteiger partial charge < -0.3 is 10.6 Å². The van der Waals surface area contributed by atoms with E-state index in [1.54, 1.807) is 6.20 Å². The molecule has 0 unspecified atom stereocenters. The van der Waals surface area contributed by atoms with Crippen molar-refractivity contribution >= 4 is 44.9 Å². The van der Waals surface area contributed by atoms with E-state index in [0.29, 0.717) is 10.6 Å². The maximum absolute atomic E-state index is 12.4. The number of anilines is 1. The molecule has 0 saturated carbocycles. The lowest BCUT2D eigenvalue weighted by atomic mass is 10.2. The largest absolute Gasteiger partial charge is 0.397 e. The van der Waals surface area contributed by atoms with Crippen molar-refractivity contribution in [2.45, 2.75) is 0 Å². The molecule has 1 aliphatic rings. The number of carbonyl (C=O) groups excluding carboxylic acids is 1. The van der Waals surface area contributed by atoms with E-state index in [9.17, 15) is 4.79 Å². The SMILES string of the molecule is Nc1c(C(=O)N2CCSCC2)sc2ncccc12. The summed E-state index contributed by atoms with van der Waals surface area (Å²) in [4.78, 5) is 20.0. The summed E-state index contributed by atoms with van der Waals surface area (Å²) in [5, 5.41) is 0.886. The summed E-state index contributed by atoms with van der Waals surface area (Å²) in [6.45, 7) is 1.62. The number of aromatic nitrogens is 1. The normalized spacial score (nSPS) is 16.1. The molecule has 4 nitrogen and oxygen atoms in total. The van der Waals surface area contributed by atoms with Crippen molar-refractivity contribution in [3.63, 3.8) is 0 Å². The number of pyridine rings is 1. The lowest BCUT2D eigenvalue weighted by Gasteiger charge is -2.26. The first-order valence-corrected chi connectivity index (χ1v) is 7.74. The van der Waals surface area contributed by atoms with E-state index in [2.05, 4.69) is 4.98 Å². The van der Waals surface area contributed by atoms with Crippen LogP contribution in [0.4, 0.5) is 5.69 Å². The number of carbonyl (C=O) groups is 1. The molecular weight excluding hydrogens is 266 g/mol. The van der Waals surface area contributed by atoms with Crippen LogP contribution in [0.1, 0.15) is 9.67 Å². The number of fused-ring (bicyclic) bond motifs is 1. The van der Waals surface area contributed by atoms with Crippen molar-refractivity contribution in [1.29, 1.82) is 0 Å². The van der Waals surface area contributed by atoms with Crippen molar-refractivity contribution in [1.82, 2.24) is 9.88 Å². The standard InChI is InChI=1S/C12H13N3OS2/c13-9-8-2-1-3-14-11(8)18-10(9)12(16)15-4-6-17-7-5-15/h1-3H,4-7,13H2. The van der Waals surface area contributed by atoms with E-state index in [4.69, 9.17) is 5.73 Å². The van der Waals surface area contributed by atoms with Gasteiger partial charge in [-0.25, -0.2) is 4.98 Å². The van der Waals surface area contributed by atoms with Crippen molar-refractivity contribution in [2.24, 2.45) is 0 Å². The first kappa shape index (κ1) is 11.8. The van der Waals surface area contributed by atoms with Crippen LogP contribution in [0.5, 0.6) is 0 Å². The summed E-state index contributed by atoms with van der Waals surface area (Å²) in [5.74, 6) is 2.07. The van der Waals surface area contributed by atoms with E-state index in [1.165, 1.54) is 11.3 Å². The van der Waals surface area contributed by atoms with E-state index in [1.807, 2.05) is 28.8 Å². The molecule has 18 heavy (non-hydrogen) atoms. The minimum Gasteiger partial charge on any atom is -0.397 e. The quantitative estimate of drug-likeness (QED) is 0.868. The van der Waals surface area contributed by atoms with Gasteiger partial charge in [0, 0.05) is 36.2 Å². The highest BCUT2D eigenvalue weighted by Gasteiger charge is 2.23. The average Bonchev–Trinajstić information content (AvgIpc) is 2.77. The monoisotopic (exact) mass is 279 g/mol. The maximum Gasteiger partial charge on any atom is 0.266 e. The fourth-order valence-electron chi connectivity index (χ4n) is 2.02. The zero-order chi connectivity index (χ0) is 12.5. The third-order valence-electron chi connectivity index (χ3n) is 3.00. The summed E-state index contributed by atoms with van der Waals surface area (Å²) in [5.41, 5.74) is 6.64. The number of nitrogens with zero attached hydrogens (tertiary/aromatic N) is 2. The second-order valence-electron chi connectivity index (χ2n) is 4.11. The highest BCUT2D eigenvalue weighted by Crippen LogP contribution is 2.33. The van der Waals surface area contributed by atoms with E-state index >= 15 is 0 Å². The number of thiophene rings is 1. The molecule has 1 amide bonds. The molecule has 0 radical (unpaired) electrons. The zero-order valence-electron chi connectivity index (χ0n) is 9.76. The van der Waals surface area contributed by atoms with Gasteiger partial charge in [0.1, 0.15) is 9.71 Å². The zero-order valence-corrected chi connectivity index (χ0v) is 11.4. The Morgan fingerprint density at radius 2 is 2.17 bits per heavy atom. The molecule has 0 bridgehead atoms. The van der Waals surface area contributed by atoms with Crippen molar-refractivity contribution in [3.8, 4) is 0 Å². The Morgan fingerprint density at radius 3 is 2.89 bits per heavy atom. The van der Waals surface area contributed by atoms with Gasteiger partial charge in [-0.15, -0.1) is 11.3 Å². The van der Waals surface area contributed by atoms with Crippen LogP contribution in [-0.4, -0.2) is 40.4 Å². The number of nitrogen functional groups attached to an aromatic ring is 1. The molecule has 1 saturated heterocycles. The highest BCUT2D eigenvalue weighted by atomic mass is 32.2. The molecule has 2 aromatic rings. The molecule has 0 aliphatic carbocycles. The first-order valence-electron chi connectivity index (χ1n) is 5.77. The third-order valence-corrected chi connectivity index (χ3v) is 5.06. The van der Waals surface area contributed by atoms with Gasteiger partial charge in [0.15, 0.2) is 0 Å². The summed E-state index contributed by atoms with van der Waals surface area (Å²) < 4.78 is 0. The fourth-order valence-corrected chi connectivity index (χ4v) is 3.95. The third kappa shape index (κ3) is 1.95. The smallest absolute Gasteiger partial charge is 0.266 e. The van der Waals surface area contributed by atoms with Gasteiger partial charge in [0.05, 0.1) is 5.69 Å². The number of nitrogens with two attached hydrogens (primary N) is 1. The van der Waals surface area contributed by atoms with Crippen LogP contribution in [0, 0.1) is 0 Å². The van der Waals surface area contributed by atoms with E-state index in [-0.39, 0.29) is 5.91 Å². The van der Waals surface area contributed by atoms with Gasteiger partial charge in [0.2, 0.25) is 0 Å². The highest BCUT2D eigenvalue weighted by molar-refractivity contribution is 7.99. The Hall–Kier alpha value is -1.27. The Labute approximate surface area is 113 Å². The molecule has 6 heteroatoms. The molecule has 2 N–H and O–H groups in total. The molecule has 0 aromatic carbocycles. The molecule has 0 atom stereocenters. The molecule has 0 spiro atoms. The first-order chi connectivity index (χ1) is 8.77. The lowest BCUT2D eigenvalue weighted by Crippen LogP contribution is -2.37. The molecule has 1 fully saturated rings. The van der Waals surface area contributed by atoms with Gasteiger partial charge in [0.25, 0.3) is 5.91 Å². The topological polar surface area (TPSA) is 59.2 Å². The number of amides is 1. The Balaban J connectivity index is 1.98. The molecule has 94 valence electrons. The second-order valence-corrected chi connectivity index (χ2v) is 6.33. The van der Waals surface area contributed by atoms with Crippen molar-refractivity contribution in [2.75, 3.05) is 30.3 Å². The van der Waals surface area contributed by atoms with Gasteiger partial charge in [-0.3, -0.25) is 4.79 Å². The summed E-state index contributed by atoms with van der Waals surface area (Å²) in [6.07, 6.45) is 1.73. The number of hydrogen-bond acceptors (Lipinski definition) is 5. The average molecular weight is 279 g/mol. The van der Waals surface area contributed by atoms with E-state index < -0.39 is 0 Å². The lowest BCUT2D eigenvalue weighted by molar-refractivity contribution is 0.0778. The van der Waals surface area contributed by atoms with E-state index in [0.717, 1.165) is 34.8 Å². The predicted octanol–water partition coefficient (Wildman–Crippen LogP) is 2.07. The van der Waals surface area contributed by atoms with Crippen LogP contribution < -0.4 is 5.73 Å². The maximum atomic E-state index is 12.4. The van der Waals surface area contributed by atoms with Crippen LogP contribution in [-0.2, 0) is 0 Å². The minimum atomic E-state index is 0.0517. The fraction of sp³-hybridized carbons (Fsp3) is 0.333. The van der Waals surface area contributed by atoms with Crippen LogP contribution in [0.3, 0.4) is 0 Å². The number of thioether (sulfide) groups is 1. The van der Waals surface area contributed by atoms with Gasteiger partial charge >= 0.3 is 0 Å². The van der Waals surface area contributed by atoms with Crippen LogP contribution in [0.25, 0.3) is 10.2 Å². The molecule has 3 rings (SSSR count). The van der Waals surface area contributed by atoms with Crippen LogP contribution in [0.15, 0.2) is 18.3 Å². The Bertz CT molecular complexity index is 590. The molecule has 3 heterocycles. The van der Waals surface area contributed by atoms with Crippen LogP contribution >= 0.6 is 23.1 Å². The summed E-state index contributed by atoms with van der Waals surface area (Å²) >= 11 is 3.28. The summed E-state index contributed by atoms with van der Waals surface area (Å²) in [6, 6.07) is 3.76. The summed E-state index contributed by atoms with van der Waals surface area (Å²) in [7, 11) is 0.